The van der Waals surface area contributed by atoms with E-state index in [-0.39, 0.29) is 11.7 Å². The van der Waals surface area contributed by atoms with Crippen LogP contribution in [0, 0.1) is 0 Å². The number of carbonyl (C=O) groups excluding carboxylic acids is 1. The van der Waals surface area contributed by atoms with Crippen molar-refractivity contribution < 1.29 is 13.2 Å². The summed E-state index contributed by atoms with van der Waals surface area (Å²) >= 11 is 0. The van der Waals surface area contributed by atoms with Crippen molar-refractivity contribution in [3.8, 4) is 0 Å². The summed E-state index contributed by atoms with van der Waals surface area (Å²) in [5.74, 6) is 0.0422. The van der Waals surface area contributed by atoms with Crippen molar-refractivity contribution >= 4 is 21.6 Å². The van der Waals surface area contributed by atoms with Crippen LogP contribution in [0.4, 0.5) is 5.69 Å². The van der Waals surface area contributed by atoms with Crippen LogP contribution in [0.2, 0.25) is 0 Å². The van der Waals surface area contributed by atoms with Crippen molar-refractivity contribution in [2.75, 3.05) is 36.2 Å². The van der Waals surface area contributed by atoms with Gasteiger partial charge in [-0.25, -0.2) is 8.42 Å². The molecule has 0 aromatic heterocycles. The van der Waals surface area contributed by atoms with Crippen molar-refractivity contribution in [2.24, 2.45) is 0 Å². The SMILES string of the molecule is CCC1CCCCN1CCCNC(=O)c1cccc(N2CCCCS2(=O)=O)c1. The summed E-state index contributed by atoms with van der Waals surface area (Å²) in [6, 6.07) is 7.64. The van der Waals surface area contributed by atoms with Gasteiger partial charge in [-0.1, -0.05) is 19.4 Å². The highest BCUT2D eigenvalue weighted by atomic mass is 32.2. The van der Waals surface area contributed by atoms with E-state index in [0.717, 1.165) is 19.4 Å². The largest absolute Gasteiger partial charge is 0.352 e. The van der Waals surface area contributed by atoms with Crippen molar-refractivity contribution in [1.29, 1.82) is 0 Å². The lowest BCUT2D eigenvalue weighted by Crippen LogP contribution is -2.40. The van der Waals surface area contributed by atoms with Crippen molar-refractivity contribution in [3.05, 3.63) is 29.8 Å². The molecule has 0 aliphatic carbocycles. The number of likely N-dealkylation sites (tertiary alicyclic amines) is 1. The van der Waals surface area contributed by atoms with E-state index in [9.17, 15) is 13.2 Å². The fraction of sp³-hybridized carbons (Fsp3) is 0.667. The summed E-state index contributed by atoms with van der Waals surface area (Å²) in [7, 11) is -3.26. The van der Waals surface area contributed by atoms with Crippen LogP contribution in [-0.2, 0) is 10.0 Å². The highest BCUT2D eigenvalue weighted by Gasteiger charge is 2.26. The molecule has 1 aromatic rings. The number of rotatable bonds is 7. The number of benzene rings is 1. The first-order valence-electron chi connectivity index (χ1n) is 10.6. The fourth-order valence-corrected chi connectivity index (χ4v) is 5.92. The van der Waals surface area contributed by atoms with E-state index < -0.39 is 10.0 Å². The summed E-state index contributed by atoms with van der Waals surface area (Å²) in [4.78, 5) is 15.1. The Bertz CT molecular complexity index is 766. The third-order valence-electron chi connectivity index (χ3n) is 5.87. The summed E-state index contributed by atoms with van der Waals surface area (Å²) in [6.07, 6.45) is 7.57. The quantitative estimate of drug-likeness (QED) is 0.706. The Morgan fingerprint density at radius 2 is 2.00 bits per heavy atom. The Hall–Kier alpha value is -1.60. The van der Waals surface area contributed by atoms with Crippen LogP contribution in [0.1, 0.15) is 62.2 Å². The molecule has 3 rings (SSSR count). The average molecular weight is 408 g/mol. The average Bonchev–Trinajstić information content (AvgIpc) is 2.71. The predicted octanol–water partition coefficient (Wildman–Crippen LogP) is 3.00. The number of piperidine rings is 1. The molecule has 0 radical (unpaired) electrons. The van der Waals surface area contributed by atoms with Gasteiger partial charge in [0.25, 0.3) is 5.91 Å². The van der Waals surface area contributed by atoms with Crippen LogP contribution in [0.25, 0.3) is 0 Å². The van der Waals surface area contributed by atoms with E-state index in [1.165, 1.54) is 36.5 Å². The number of nitrogens with zero attached hydrogens (tertiary/aromatic N) is 2. The molecule has 2 aliphatic heterocycles. The monoisotopic (exact) mass is 407 g/mol. The molecule has 1 atom stereocenters. The molecule has 2 aliphatic rings. The minimum atomic E-state index is -3.26. The molecule has 1 N–H and O–H groups in total. The van der Waals surface area contributed by atoms with E-state index in [1.807, 2.05) is 0 Å². The van der Waals surface area contributed by atoms with Crippen molar-refractivity contribution in [1.82, 2.24) is 10.2 Å². The molecule has 0 spiro atoms. The van der Waals surface area contributed by atoms with E-state index in [2.05, 4.69) is 17.1 Å². The molecular weight excluding hydrogens is 374 g/mol. The number of nitrogens with one attached hydrogen (secondary N) is 1. The molecule has 1 amide bonds. The smallest absolute Gasteiger partial charge is 0.251 e. The second kappa shape index (κ2) is 9.74. The lowest BCUT2D eigenvalue weighted by Gasteiger charge is -2.35. The fourth-order valence-electron chi connectivity index (χ4n) is 4.28. The molecule has 156 valence electrons. The zero-order valence-corrected chi connectivity index (χ0v) is 17.7. The van der Waals surface area contributed by atoms with Gasteiger partial charge in [0, 0.05) is 31.2 Å². The normalized spacial score (nSPS) is 22.8. The van der Waals surface area contributed by atoms with Gasteiger partial charge in [-0.3, -0.25) is 9.10 Å². The summed E-state index contributed by atoms with van der Waals surface area (Å²) in [5, 5.41) is 2.99. The zero-order chi connectivity index (χ0) is 20.0. The summed E-state index contributed by atoms with van der Waals surface area (Å²) in [6.45, 7) is 5.56. The van der Waals surface area contributed by atoms with Gasteiger partial charge in [-0.05, 0) is 63.3 Å². The van der Waals surface area contributed by atoms with Crippen LogP contribution < -0.4 is 9.62 Å². The predicted molar refractivity (Wildman–Crippen MR) is 113 cm³/mol. The van der Waals surface area contributed by atoms with E-state index >= 15 is 0 Å². The lowest BCUT2D eigenvalue weighted by molar-refractivity contribution is 0.0947. The molecule has 28 heavy (non-hydrogen) atoms. The van der Waals surface area contributed by atoms with Gasteiger partial charge in [0.05, 0.1) is 11.4 Å². The molecule has 2 saturated heterocycles. The third-order valence-corrected chi connectivity index (χ3v) is 7.74. The Kier molecular flexibility index (Phi) is 7.35. The minimum Gasteiger partial charge on any atom is -0.352 e. The highest BCUT2D eigenvalue weighted by molar-refractivity contribution is 7.92. The number of carbonyl (C=O) groups is 1. The van der Waals surface area contributed by atoms with Crippen LogP contribution in [-0.4, -0.2) is 57.2 Å². The van der Waals surface area contributed by atoms with Gasteiger partial charge in [-0.15, -0.1) is 0 Å². The maximum absolute atomic E-state index is 12.5. The van der Waals surface area contributed by atoms with E-state index in [0.29, 0.717) is 36.8 Å². The third kappa shape index (κ3) is 5.26. The number of hydrogen-bond acceptors (Lipinski definition) is 4. The Morgan fingerprint density at radius 1 is 1.18 bits per heavy atom. The first-order valence-corrected chi connectivity index (χ1v) is 12.2. The van der Waals surface area contributed by atoms with Gasteiger partial charge in [0.2, 0.25) is 10.0 Å². The van der Waals surface area contributed by atoms with Crippen molar-refractivity contribution in [3.63, 3.8) is 0 Å². The maximum atomic E-state index is 12.5. The van der Waals surface area contributed by atoms with Crippen LogP contribution >= 0.6 is 0 Å². The minimum absolute atomic E-state index is 0.137. The highest BCUT2D eigenvalue weighted by Crippen LogP contribution is 2.24. The van der Waals surface area contributed by atoms with Gasteiger partial charge >= 0.3 is 0 Å². The topological polar surface area (TPSA) is 69.7 Å². The lowest BCUT2D eigenvalue weighted by atomic mass is 10.00. The molecule has 1 aromatic carbocycles. The molecule has 1 unspecified atom stereocenters. The van der Waals surface area contributed by atoms with E-state index in [1.54, 1.807) is 24.3 Å². The number of hydrogen-bond donors (Lipinski definition) is 1. The first-order chi connectivity index (χ1) is 13.5. The molecular formula is C21H33N3O3S. The van der Waals surface area contributed by atoms with Gasteiger partial charge < -0.3 is 10.2 Å². The molecule has 2 fully saturated rings. The molecule has 6 nitrogen and oxygen atoms in total. The number of sulfonamides is 1. The summed E-state index contributed by atoms with van der Waals surface area (Å²) in [5.41, 5.74) is 1.11. The second-order valence-electron chi connectivity index (χ2n) is 7.85. The van der Waals surface area contributed by atoms with Gasteiger partial charge in [-0.2, -0.15) is 0 Å². The maximum Gasteiger partial charge on any atom is 0.251 e. The van der Waals surface area contributed by atoms with Crippen LogP contribution in [0.3, 0.4) is 0 Å². The zero-order valence-electron chi connectivity index (χ0n) is 16.9. The van der Waals surface area contributed by atoms with Crippen molar-refractivity contribution in [2.45, 2.75) is 57.9 Å². The Balaban J connectivity index is 1.52. The Morgan fingerprint density at radius 3 is 2.79 bits per heavy atom. The number of anilines is 1. The molecule has 0 saturated carbocycles. The number of amides is 1. The molecule has 2 heterocycles. The van der Waals surface area contributed by atoms with Crippen LogP contribution in [0.5, 0.6) is 0 Å². The van der Waals surface area contributed by atoms with E-state index in [4.69, 9.17) is 0 Å². The summed E-state index contributed by atoms with van der Waals surface area (Å²) < 4.78 is 26.0. The standard InChI is InChI=1S/C21H33N3O3S/c1-2-19-10-3-4-13-23(19)14-8-12-22-21(25)18-9-7-11-20(17-18)24-15-5-6-16-28(24,26)27/h7,9,11,17,19H,2-6,8,10,12-16H2,1H3,(H,22,25). The van der Waals surface area contributed by atoms with Crippen LogP contribution in [0.15, 0.2) is 24.3 Å². The first kappa shape index (κ1) is 21.1. The van der Waals surface area contributed by atoms with Gasteiger partial charge in [0.15, 0.2) is 0 Å². The van der Waals surface area contributed by atoms with Gasteiger partial charge in [0.1, 0.15) is 0 Å². The molecule has 7 heteroatoms. The molecule has 0 bridgehead atoms. The second-order valence-corrected chi connectivity index (χ2v) is 9.86. The Labute approximate surface area is 169 Å².